The molecule has 0 saturated carbocycles. The van der Waals surface area contributed by atoms with Crippen LogP contribution in [0.5, 0.6) is 0 Å². The van der Waals surface area contributed by atoms with Crippen LogP contribution in [0.15, 0.2) is 77.7 Å². The fourth-order valence-electron chi connectivity index (χ4n) is 2.69. The van der Waals surface area contributed by atoms with Crippen molar-refractivity contribution in [3.63, 3.8) is 0 Å². The highest BCUT2D eigenvalue weighted by Crippen LogP contribution is 2.22. The quantitative estimate of drug-likeness (QED) is 0.534. The van der Waals surface area contributed by atoms with Crippen LogP contribution in [0.2, 0.25) is 10.0 Å². The molecule has 0 unspecified atom stereocenters. The SMILES string of the molecule is O=C(CN(Cc1ccccc1F)S(=O)(=O)c1ccc(Cl)cc1)Nc1ccc(Cl)cc1. The van der Waals surface area contributed by atoms with E-state index in [2.05, 4.69) is 5.32 Å². The number of nitrogens with one attached hydrogen (secondary N) is 1. The van der Waals surface area contributed by atoms with Crippen molar-refractivity contribution < 1.29 is 17.6 Å². The van der Waals surface area contributed by atoms with Gasteiger partial charge in [-0.2, -0.15) is 4.31 Å². The van der Waals surface area contributed by atoms with Gasteiger partial charge in [0.05, 0.1) is 11.4 Å². The fraction of sp³-hybridized carbons (Fsp3) is 0.0952. The number of hydrogen-bond acceptors (Lipinski definition) is 3. The van der Waals surface area contributed by atoms with Gasteiger partial charge in [0.2, 0.25) is 15.9 Å². The third-order valence-electron chi connectivity index (χ3n) is 4.20. The molecule has 0 aromatic heterocycles. The first-order valence-electron chi connectivity index (χ1n) is 8.80. The van der Waals surface area contributed by atoms with Crippen molar-refractivity contribution in [2.75, 3.05) is 11.9 Å². The highest BCUT2D eigenvalue weighted by Gasteiger charge is 2.27. The van der Waals surface area contributed by atoms with Crippen LogP contribution >= 0.6 is 23.2 Å². The molecular formula is C21H17Cl2FN2O3S. The first kappa shape index (κ1) is 22.2. The third kappa shape index (κ3) is 5.58. The molecule has 30 heavy (non-hydrogen) atoms. The monoisotopic (exact) mass is 466 g/mol. The lowest BCUT2D eigenvalue weighted by molar-refractivity contribution is -0.116. The van der Waals surface area contributed by atoms with E-state index in [0.29, 0.717) is 15.7 Å². The van der Waals surface area contributed by atoms with Crippen molar-refractivity contribution in [3.8, 4) is 0 Å². The predicted molar refractivity (Wildman–Crippen MR) is 116 cm³/mol. The van der Waals surface area contributed by atoms with E-state index >= 15 is 0 Å². The van der Waals surface area contributed by atoms with Crippen molar-refractivity contribution in [3.05, 3.63) is 94.2 Å². The molecule has 9 heteroatoms. The minimum absolute atomic E-state index is 0.0532. The van der Waals surface area contributed by atoms with Crippen LogP contribution in [0.4, 0.5) is 10.1 Å². The molecule has 0 spiro atoms. The molecule has 156 valence electrons. The van der Waals surface area contributed by atoms with Gasteiger partial charge in [-0.3, -0.25) is 4.79 Å². The Kier molecular flexibility index (Phi) is 7.10. The largest absolute Gasteiger partial charge is 0.325 e. The zero-order valence-corrected chi connectivity index (χ0v) is 17.9. The van der Waals surface area contributed by atoms with Crippen LogP contribution in [0, 0.1) is 5.82 Å². The minimum Gasteiger partial charge on any atom is -0.325 e. The zero-order chi connectivity index (χ0) is 21.7. The average Bonchev–Trinajstić information content (AvgIpc) is 2.71. The van der Waals surface area contributed by atoms with Crippen molar-refractivity contribution in [1.29, 1.82) is 0 Å². The molecule has 3 aromatic carbocycles. The zero-order valence-electron chi connectivity index (χ0n) is 15.6. The van der Waals surface area contributed by atoms with Gasteiger partial charge < -0.3 is 5.32 Å². The molecule has 0 fully saturated rings. The van der Waals surface area contributed by atoms with Crippen molar-refractivity contribution in [1.82, 2.24) is 4.31 Å². The molecule has 0 aliphatic carbocycles. The number of rotatable bonds is 7. The van der Waals surface area contributed by atoms with Crippen LogP contribution in [0.1, 0.15) is 5.56 Å². The smallest absolute Gasteiger partial charge is 0.243 e. The Morgan fingerprint density at radius 3 is 2.07 bits per heavy atom. The number of nitrogens with zero attached hydrogens (tertiary/aromatic N) is 1. The lowest BCUT2D eigenvalue weighted by Crippen LogP contribution is -2.37. The fourth-order valence-corrected chi connectivity index (χ4v) is 4.32. The second kappa shape index (κ2) is 9.57. The van der Waals surface area contributed by atoms with Crippen LogP contribution in [-0.4, -0.2) is 25.2 Å². The lowest BCUT2D eigenvalue weighted by atomic mass is 10.2. The van der Waals surface area contributed by atoms with Gasteiger partial charge in [0, 0.05) is 27.8 Å². The summed E-state index contributed by atoms with van der Waals surface area (Å²) in [6.45, 7) is -0.826. The normalized spacial score (nSPS) is 11.5. The summed E-state index contributed by atoms with van der Waals surface area (Å²) in [5, 5.41) is 3.48. The Balaban J connectivity index is 1.88. The lowest BCUT2D eigenvalue weighted by Gasteiger charge is -2.22. The van der Waals surface area contributed by atoms with E-state index in [1.54, 1.807) is 30.3 Å². The molecule has 0 bridgehead atoms. The van der Waals surface area contributed by atoms with E-state index in [1.807, 2.05) is 0 Å². The summed E-state index contributed by atoms with van der Waals surface area (Å²) in [5.41, 5.74) is 0.605. The van der Waals surface area contributed by atoms with Gasteiger partial charge in [-0.15, -0.1) is 0 Å². The van der Waals surface area contributed by atoms with Crippen LogP contribution in [0.25, 0.3) is 0 Å². The van der Waals surface area contributed by atoms with E-state index < -0.39 is 28.3 Å². The van der Waals surface area contributed by atoms with Gasteiger partial charge in [-0.1, -0.05) is 41.4 Å². The molecule has 0 aliphatic rings. The topological polar surface area (TPSA) is 66.5 Å². The molecule has 0 aliphatic heterocycles. The molecule has 1 N–H and O–H groups in total. The summed E-state index contributed by atoms with van der Waals surface area (Å²) < 4.78 is 41.4. The maximum Gasteiger partial charge on any atom is 0.243 e. The number of anilines is 1. The number of halogens is 3. The number of hydrogen-bond donors (Lipinski definition) is 1. The molecule has 0 atom stereocenters. The standard InChI is InChI=1S/C21H17Cl2FN2O3S/c22-16-5-9-18(10-6-16)25-21(27)14-26(13-15-3-1-2-4-20(15)24)30(28,29)19-11-7-17(23)8-12-19/h1-12H,13-14H2,(H,25,27). The summed E-state index contributed by atoms with van der Waals surface area (Å²) in [5.74, 6) is -1.14. The number of carbonyl (C=O) groups is 1. The second-order valence-corrected chi connectivity index (χ2v) is 9.18. The Hall–Kier alpha value is -2.45. The average molecular weight is 467 g/mol. The summed E-state index contributed by atoms with van der Waals surface area (Å²) in [6, 6.07) is 17.7. The van der Waals surface area contributed by atoms with E-state index in [0.717, 1.165) is 4.31 Å². The van der Waals surface area contributed by atoms with E-state index in [1.165, 1.54) is 42.5 Å². The number of carbonyl (C=O) groups excluding carboxylic acids is 1. The van der Waals surface area contributed by atoms with Crippen molar-refractivity contribution in [2.45, 2.75) is 11.4 Å². The summed E-state index contributed by atoms with van der Waals surface area (Å²) in [6.07, 6.45) is 0. The number of amides is 1. The van der Waals surface area contributed by atoms with Gasteiger partial charge in [0.15, 0.2) is 0 Å². The van der Waals surface area contributed by atoms with E-state index in [-0.39, 0.29) is 17.0 Å². The van der Waals surface area contributed by atoms with Gasteiger partial charge in [0.1, 0.15) is 5.82 Å². The Morgan fingerprint density at radius 1 is 0.900 bits per heavy atom. The molecule has 3 aromatic rings. The summed E-state index contributed by atoms with van der Waals surface area (Å²) >= 11 is 11.7. The van der Waals surface area contributed by atoms with Gasteiger partial charge in [0.25, 0.3) is 0 Å². The van der Waals surface area contributed by atoms with Crippen LogP contribution < -0.4 is 5.32 Å². The minimum atomic E-state index is -4.10. The molecule has 5 nitrogen and oxygen atoms in total. The molecule has 0 heterocycles. The predicted octanol–water partition coefficient (Wildman–Crippen LogP) is 4.96. The first-order valence-corrected chi connectivity index (χ1v) is 11.0. The molecule has 1 amide bonds. The van der Waals surface area contributed by atoms with Crippen molar-refractivity contribution >= 4 is 44.8 Å². The van der Waals surface area contributed by atoms with Crippen LogP contribution in [-0.2, 0) is 21.4 Å². The first-order chi connectivity index (χ1) is 14.3. The van der Waals surface area contributed by atoms with E-state index in [9.17, 15) is 17.6 Å². The third-order valence-corrected chi connectivity index (χ3v) is 6.51. The highest BCUT2D eigenvalue weighted by atomic mass is 35.5. The molecule has 3 rings (SSSR count). The second-order valence-electron chi connectivity index (χ2n) is 6.37. The van der Waals surface area contributed by atoms with Gasteiger partial charge in [-0.25, -0.2) is 12.8 Å². The molecular weight excluding hydrogens is 450 g/mol. The molecule has 0 saturated heterocycles. The summed E-state index contributed by atoms with van der Waals surface area (Å²) in [7, 11) is -4.10. The van der Waals surface area contributed by atoms with Gasteiger partial charge in [-0.05, 0) is 54.6 Å². The molecule has 0 radical (unpaired) electrons. The Labute approximate surface area is 184 Å². The highest BCUT2D eigenvalue weighted by molar-refractivity contribution is 7.89. The van der Waals surface area contributed by atoms with Crippen molar-refractivity contribution in [2.24, 2.45) is 0 Å². The number of benzene rings is 3. The van der Waals surface area contributed by atoms with Gasteiger partial charge >= 0.3 is 0 Å². The number of sulfonamides is 1. The Bertz CT molecular complexity index is 1140. The van der Waals surface area contributed by atoms with E-state index in [4.69, 9.17) is 23.2 Å². The van der Waals surface area contributed by atoms with Crippen LogP contribution in [0.3, 0.4) is 0 Å². The summed E-state index contributed by atoms with van der Waals surface area (Å²) in [4.78, 5) is 12.5. The maximum absolute atomic E-state index is 14.2. The maximum atomic E-state index is 14.2. The Morgan fingerprint density at radius 2 is 1.47 bits per heavy atom.